The number of amides is 3. The Bertz CT molecular complexity index is 1100. The third-order valence-corrected chi connectivity index (χ3v) is 5.03. The van der Waals surface area contributed by atoms with Gasteiger partial charge in [0.2, 0.25) is 5.91 Å². The topological polar surface area (TPSA) is 93.5 Å². The molecule has 148 valence electrons. The molecule has 2 aromatic carbocycles. The highest BCUT2D eigenvalue weighted by molar-refractivity contribution is 6.22. The molecule has 8 heteroatoms. The van der Waals surface area contributed by atoms with E-state index in [0.717, 1.165) is 27.5 Å². The van der Waals surface area contributed by atoms with Gasteiger partial charge in [-0.25, -0.2) is 4.98 Å². The minimum atomic E-state index is -0.440. The third kappa shape index (κ3) is 3.33. The molecule has 0 spiro atoms. The fourth-order valence-corrected chi connectivity index (χ4v) is 3.48. The van der Waals surface area contributed by atoms with Crippen LogP contribution >= 0.6 is 0 Å². The van der Waals surface area contributed by atoms with Gasteiger partial charge < -0.3 is 14.6 Å². The van der Waals surface area contributed by atoms with Gasteiger partial charge in [-0.1, -0.05) is 12.1 Å². The molecule has 0 saturated heterocycles. The molecule has 4 rings (SSSR count). The SMILES string of the molecule is COc1ccc2c(c1)nc(CCNC(=O)CN1C(=O)c3ccccc3C1=O)n2C. The van der Waals surface area contributed by atoms with Gasteiger partial charge >= 0.3 is 0 Å². The Morgan fingerprint density at radius 1 is 1.10 bits per heavy atom. The van der Waals surface area contributed by atoms with Crippen LogP contribution in [0.4, 0.5) is 0 Å². The van der Waals surface area contributed by atoms with E-state index in [1.807, 2.05) is 29.8 Å². The molecule has 0 fully saturated rings. The van der Waals surface area contributed by atoms with E-state index >= 15 is 0 Å². The highest BCUT2D eigenvalue weighted by Gasteiger charge is 2.36. The zero-order chi connectivity index (χ0) is 20.5. The number of methoxy groups -OCH3 is 1. The average molecular weight is 392 g/mol. The second-order valence-corrected chi connectivity index (χ2v) is 6.78. The molecule has 0 bridgehead atoms. The van der Waals surface area contributed by atoms with Crippen molar-refractivity contribution < 1.29 is 19.1 Å². The van der Waals surface area contributed by atoms with Crippen LogP contribution in [0.25, 0.3) is 11.0 Å². The van der Waals surface area contributed by atoms with Crippen LogP contribution in [-0.4, -0.2) is 52.4 Å². The lowest BCUT2D eigenvalue weighted by molar-refractivity contribution is -0.121. The predicted octanol–water partition coefficient (Wildman–Crippen LogP) is 1.54. The molecular formula is C21H20N4O4. The Morgan fingerprint density at radius 3 is 2.45 bits per heavy atom. The van der Waals surface area contributed by atoms with Crippen molar-refractivity contribution in [2.45, 2.75) is 6.42 Å². The molecule has 0 radical (unpaired) electrons. The summed E-state index contributed by atoms with van der Waals surface area (Å²) < 4.78 is 7.19. The Labute approximate surface area is 167 Å². The Hall–Kier alpha value is -3.68. The van der Waals surface area contributed by atoms with Gasteiger partial charge in [-0.05, 0) is 24.3 Å². The van der Waals surface area contributed by atoms with Crippen molar-refractivity contribution in [3.63, 3.8) is 0 Å². The first-order valence-electron chi connectivity index (χ1n) is 9.21. The van der Waals surface area contributed by atoms with Crippen LogP contribution in [0.5, 0.6) is 5.75 Å². The molecule has 0 aliphatic carbocycles. The number of imide groups is 1. The highest BCUT2D eigenvalue weighted by atomic mass is 16.5. The molecule has 1 N–H and O–H groups in total. The monoisotopic (exact) mass is 392 g/mol. The lowest BCUT2D eigenvalue weighted by Crippen LogP contribution is -2.41. The van der Waals surface area contributed by atoms with E-state index in [1.165, 1.54) is 0 Å². The summed E-state index contributed by atoms with van der Waals surface area (Å²) in [5.74, 6) is 0.278. The van der Waals surface area contributed by atoms with E-state index in [1.54, 1.807) is 31.4 Å². The van der Waals surface area contributed by atoms with Gasteiger partial charge in [-0.3, -0.25) is 19.3 Å². The van der Waals surface area contributed by atoms with E-state index in [4.69, 9.17) is 4.74 Å². The van der Waals surface area contributed by atoms with Crippen LogP contribution in [0.15, 0.2) is 42.5 Å². The Balaban J connectivity index is 1.36. The molecule has 0 atom stereocenters. The summed E-state index contributed by atoms with van der Waals surface area (Å²) in [4.78, 5) is 42.5. The number of aryl methyl sites for hydroxylation is 1. The van der Waals surface area contributed by atoms with Crippen molar-refractivity contribution >= 4 is 28.8 Å². The number of carbonyl (C=O) groups excluding carboxylic acids is 3. The third-order valence-electron chi connectivity index (χ3n) is 5.03. The predicted molar refractivity (Wildman–Crippen MR) is 106 cm³/mol. The number of hydrogen-bond donors (Lipinski definition) is 1. The first kappa shape index (κ1) is 18.7. The molecule has 0 saturated carbocycles. The van der Waals surface area contributed by atoms with Crippen LogP contribution in [-0.2, 0) is 18.3 Å². The molecule has 3 aromatic rings. The number of fused-ring (bicyclic) bond motifs is 2. The van der Waals surface area contributed by atoms with Crippen LogP contribution < -0.4 is 10.1 Å². The molecule has 8 nitrogen and oxygen atoms in total. The molecule has 1 aliphatic heterocycles. The van der Waals surface area contributed by atoms with Gasteiger partial charge in [-0.15, -0.1) is 0 Å². The molecule has 0 unspecified atom stereocenters. The lowest BCUT2D eigenvalue weighted by atomic mass is 10.1. The van der Waals surface area contributed by atoms with Gasteiger partial charge in [-0.2, -0.15) is 0 Å². The standard InChI is InChI=1S/C21H20N4O4/c1-24-17-8-7-13(29-2)11-16(17)23-18(24)9-10-22-19(26)12-25-20(27)14-5-3-4-6-15(14)21(25)28/h3-8,11H,9-10,12H2,1-2H3,(H,22,26). The number of imidazole rings is 1. The van der Waals surface area contributed by atoms with Crippen molar-refractivity contribution in [1.29, 1.82) is 0 Å². The second kappa shape index (κ2) is 7.38. The molecule has 1 aromatic heterocycles. The maximum absolute atomic E-state index is 12.3. The number of ether oxygens (including phenoxy) is 1. The Kier molecular flexibility index (Phi) is 4.75. The summed E-state index contributed by atoms with van der Waals surface area (Å²) in [5, 5.41) is 2.76. The average Bonchev–Trinajstić information content (AvgIpc) is 3.17. The smallest absolute Gasteiger partial charge is 0.262 e. The van der Waals surface area contributed by atoms with E-state index in [0.29, 0.717) is 24.1 Å². The van der Waals surface area contributed by atoms with Crippen LogP contribution in [0.3, 0.4) is 0 Å². The van der Waals surface area contributed by atoms with Gasteiger partial charge in [0.15, 0.2) is 0 Å². The van der Waals surface area contributed by atoms with E-state index in [-0.39, 0.29) is 12.5 Å². The minimum Gasteiger partial charge on any atom is -0.497 e. The van der Waals surface area contributed by atoms with E-state index < -0.39 is 11.8 Å². The van der Waals surface area contributed by atoms with Crippen LogP contribution in [0.2, 0.25) is 0 Å². The number of rotatable bonds is 6. The first-order chi connectivity index (χ1) is 14.0. The number of aromatic nitrogens is 2. The molecule has 1 aliphatic rings. The number of nitrogens with zero attached hydrogens (tertiary/aromatic N) is 3. The van der Waals surface area contributed by atoms with Crippen molar-refractivity contribution in [3.8, 4) is 5.75 Å². The summed E-state index contributed by atoms with van der Waals surface area (Å²) in [7, 11) is 3.52. The zero-order valence-electron chi connectivity index (χ0n) is 16.1. The zero-order valence-corrected chi connectivity index (χ0v) is 16.1. The normalized spacial score (nSPS) is 13.1. The minimum absolute atomic E-state index is 0.300. The second-order valence-electron chi connectivity index (χ2n) is 6.78. The first-order valence-corrected chi connectivity index (χ1v) is 9.21. The van der Waals surface area contributed by atoms with E-state index in [9.17, 15) is 14.4 Å². The number of benzene rings is 2. The van der Waals surface area contributed by atoms with Crippen molar-refractivity contribution in [1.82, 2.24) is 19.8 Å². The number of nitrogens with one attached hydrogen (secondary N) is 1. The van der Waals surface area contributed by atoms with Crippen molar-refractivity contribution in [3.05, 3.63) is 59.4 Å². The van der Waals surface area contributed by atoms with Crippen molar-refractivity contribution in [2.24, 2.45) is 7.05 Å². The molecule has 3 amide bonds. The fraction of sp³-hybridized carbons (Fsp3) is 0.238. The van der Waals surface area contributed by atoms with Crippen LogP contribution in [0, 0.1) is 0 Å². The van der Waals surface area contributed by atoms with Gasteiger partial charge in [0.25, 0.3) is 11.8 Å². The van der Waals surface area contributed by atoms with Gasteiger partial charge in [0.1, 0.15) is 18.1 Å². The summed E-state index contributed by atoms with van der Waals surface area (Å²) >= 11 is 0. The highest BCUT2D eigenvalue weighted by Crippen LogP contribution is 2.22. The number of carbonyl (C=O) groups is 3. The summed E-state index contributed by atoms with van der Waals surface area (Å²) in [6, 6.07) is 12.2. The van der Waals surface area contributed by atoms with Crippen LogP contribution in [0.1, 0.15) is 26.5 Å². The molecule has 2 heterocycles. The van der Waals surface area contributed by atoms with E-state index in [2.05, 4.69) is 10.3 Å². The molecule has 29 heavy (non-hydrogen) atoms. The van der Waals surface area contributed by atoms with Gasteiger partial charge in [0.05, 0.1) is 29.3 Å². The maximum Gasteiger partial charge on any atom is 0.262 e. The quantitative estimate of drug-likeness (QED) is 0.642. The lowest BCUT2D eigenvalue weighted by Gasteiger charge is -2.13. The maximum atomic E-state index is 12.3. The van der Waals surface area contributed by atoms with Crippen molar-refractivity contribution in [2.75, 3.05) is 20.2 Å². The van der Waals surface area contributed by atoms with Gasteiger partial charge in [0, 0.05) is 26.1 Å². The summed E-state index contributed by atoms with van der Waals surface area (Å²) in [6.45, 7) is 0.0440. The molecular weight excluding hydrogens is 372 g/mol. The summed E-state index contributed by atoms with van der Waals surface area (Å²) in [5.41, 5.74) is 2.46. The number of hydrogen-bond acceptors (Lipinski definition) is 5. The fourth-order valence-electron chi connectivity index (χ4n) is 3.48. The summed E-state index contributed by atoms with van der Waals surface area (Å²) in [6.07, 6.45) is 0.515. The largest absolute Gasteiger partial charge is 0.497 e. The Morgan fingerprint density at radius 2 is 1.79 bits per heavy atom.